The summed E-state index contributed by atoms with van der Waals surface area (Å²) in [6.07, 6.45) is 2.29. The van der Waals surface area contributed by atoms with E-state index in [0.717, 1.165) is 23.1 Å². The number of carbonyl (C=O) groups excluding carboxylic acids is 2. The lowest BCUT2D eigenvalue weighted by Crippen LogP contribution is -2.39. The Morgan fingerprint density at radius 1 is 1.06 bits per heavy atom. The first-order valence-corrected chi connectivity index (χ1v) is 11.5. The number of Topliss-reactive ketones (excluding diaryl/α,β-unsaturated/α-hetero) is 2. The lowest BCUT2D eigenvalue weighted by Gasteiger charge is -2.20. The van der Waals surface area contributed by atoms with Crippen LogP contribution in [0.3, 0.4) is 0 Å². The fraction of sp³-hybridized carbons (Fsp3) is 0.480. The zero-order chi connectivity index (χ0) is 24.7. The van der Waals surface area contributed by atoms with E-state index in [1.807, 2.05) is 25.1 Å². The number of nitrogens with two attached hydrogens (primary N) is 1. The molecule has 8 heteroatoms. The summed E-state index contributed by atoms with van der Waals surface area (Å²) in [6, 6.07) is 7.84. The van der Waals surface area contributed by atoms with Crippen LogP contribution < -0.4 is 11.1 Å². The predicted molar refractivity (Wildman–Crippen MR) is 134 cm³/mol. The van der Waals surface area contributed by atoms with Crippen molar-refractivity contribution in [2.24, 2.45) is 17.6 Å². The number of benzene rings is 1. The van der Waals surface area contributed by atoms with Crippen molar-refractivity contribution in [2.75, 3.05) is 13.6 Å². The molecule has 33 heavy (non-hydrogen) atoms. The molecule has 0 aliphatic heterocycles. The van der Waals surface area contributed by atoms with Gasteiger partial charge in [-0.2, -0.15) is 0 Å². The Hall–Kier alpha value is -3.13. The van der Waals surface area contributed by atoms with Gasteiger partial charge >= 0.3 is 0 Å². The molecule has 0 spiro atoms. The number of likely N-dealkylation sites (N-methyl/N-ethyl adjacent to an activating group) is 1. The summed E-state index contributed by atoms with van der Waals surface area (Å²) < 4.78 is 2.18. The van der Waals surface area contributed by atoms with E-state index in [4.69, 9.17) is 22.0 Å². The summed E-state index contributed by atoms with van der Waals surface area (Å²) in [4.78, 5) is 25.1. The molecule has 2 aromatic rings. The van der Waals surface area contributed by atoms with Gasteiger partial charge in [-0.15, -0.1) is 0 Å². The van der Waals surface area contributed by atoms with E-state index < -0.39 is 17.5 Å². The van der Waals surface area contributed by atoms with Crippen LogP contribution in [0, 0.1) is 28.1 Å². The van der Waals surface area contributed by atoms with Crippen LogP contribution in [0.15, 0.2) is 24.3 Å². The Balaban J connectivity index is 2.20. The molecule has 0 aliphatic rings. The number of aromatic nitrogens is 1. The van der Waals surface area contributed by atoms with E-state index in [-0.39, 0.29) is 29.7 Å². The first kappa shape index (κ1) is 26.1. The standard InChI is InChI=1S/C25H36N6O2/c1-5-15(22(26)24(33)19(6-2)23(27)21(32)14-30-4)10-11-18-12-16-8-9-17(25(28)29)13-20(16)31(18)7-3/h8-9,12-13,15,19,26-27,30H,5-7,10-11,14H2,1-4H3,(H3,28,29)/t15-,19+/m0/s1. The van der Waals surface area contributed by atoms with E-state index in [9.17, 15) is 9.59 Å². The Bertz CT molecular complexity index is 1070. The summed E-state index contributed by atoms with van der Waals surface area (Å²) in [7, 11) is 1.62. The molecule has 0 saturated carbocycles. The van der Waals surface area contributed by atoms with Crippen molar-refractivity contribution in [1.29, 1.82) is 16.2 Å². The molecule has 0 amide bonds. The van der Waals surface area contributed by atoms with Gasteiger partial charge < -0.3 is 26.4 Å². The zero-order valence-corrected chi connectivity index (χ0v) is 20.0. The van der Waals surface area contributed by atoms with E-state index in [1.165, 1.54) is 0 Å². The van der Waals surface area contributed by atoms with Crippen LogP contribution >= 0.6 is 0 Å². The van der Waals surface area contributed by atoms with Crippen molar-refractivity contribution in [1.82, 2.24) is 9.88 Å². The number of fused-ring (bicyclic) bond motifs is 1. The Morgan fingerprint density at radius 3 is 2.30 bits per heavy atom. The normalized spacial score (nSPS) is 13.0. The smallest absolute Gasteiger partial charge is 0.190 e. The summed E-state index contributed by atoms with van der Waals surface area (Å²) in [5, 5.41) is 28.2. The largest absolute Gasteiger partial charge is 0.384 e. The molecule has 0 unspecified atom stereocenters. The first-order valence-electron chi connectivity index (χ1n) is 11.5. The number of hydrogen-bond acceptors (Lipinski definition) is 6. The minimum absolute atomic E-state index is 0.00406. The van der Waals surface area contributed by atoms with Crippen molar-refractivity contribution in [2.45, 2.75) is 53.0 Å². The molecule has 6 N–H and O–H groups in total. The van der Waals surface area contributed by atoms with Crippen molar-refractivity contribution in [3.05, 3.63) is 35.5 Å². The predicted octanol–water partition coefficient (Wildman–Crippen LogP) is 3.33. The van der Waals surface area contributed by atoms with Crippen molar-refractivity contribution < 1.29 is 9.59 Å². The molecule has 0 saturated heterocycles. The number of nitrogens with zero attached hydrogens (tertiary/aromatic N) is 1. The van der Waals surface area contributed by atoms with Crippen LogP contribution in [0.4, 0.5) is 0 Å². The molecule has 0 fully saturated rings. The highest BCUT2D eigenvalue weighted by molar-refractivity contribution is 6.51. The molecule has 1 heterocycles. The topological polar surface area (TPSA) is 149 Å². The van der Waals surface area contributed by atoms with E-state index >= 15 is 0 Å². The van der Waals surface area contributed by atoms with Gasteiger partial charge in [0.15, 0.2) is 11.6 Å². The molecular weight excluding hydrogens is 416 g/mol. The molecule has 0 aliphatic carbocycles. The van der Waals surface area contributed by atoms with Gasteiger partial charge in [0, 0.05) is 29.2 Å². The van der Waals surface area contributed by atoms with Crippen LogP contribution in [0.1, 0.15) is 51.3 Å². The van der Waals surface area contributed by atoms with Gasteiger partial charge in [-0.25, -0.2) is 0 Å². The minimum atomic E-state index is -0.862. The summed E-state index contributed by atoms with van der Waals surface area (Å²) in [5.74, 6) is -1.89. The van der Waals surface area contributed by atoms with Crippen LogP contribution in [0.5, 0.6) is 0 Å². The Kier molecular flexibility index (Phi) is 9.22. The molecule has 1 aromatic heterocycles. The lowest BCUT2D eigenvalue weighted by molar-refractivity contribution is -0.117. The molecule has 8 nitrogen and oxygen atoms in total. The molecule has 0 bridgehead atoms. The second kappa shape index (κ2) is 11.7. The van der Waals surface area contributed by atoms with Gasteiger partial charge in [-0.05, 0) is 57.2 Å². The molecule has 178 valence electrons. The fourth-order valence-electron chi connectivity index (χ4n) is 4.29. The third-order valence-corrected chi connectivity index (χ3v) is 6.24. The van der Waals surface area contributed by atoms with Crippen molar-refractivity contribution in [3.63, 3.8) is 0 Å². The number of amidine groups is 1. The van der Waals surface area contributed by atoms with Gasteiger partial charge in [0.25, 0.3) is 0 Å². The van der Waals surface area contributed by atoms with Crippen molar-refractivity contribution >= 4 is 39.7 Å². The fourth-order valence-corrected chi connectivity index (χ4v) is 4.29. The van der Waals surface area contributed by atoms with Gasteiger partial charge in [0.05, 0.1) is 23.9 Å². The number of nitrogens with one attached hydrogen (secondary N) is 4. The Morgan fingerprint density at radius 2 is 1.76 bits per heavy atom. The van der Waals surface area contributed by atoms with E-state index in [2.05, 4.69) is 22.9 Å². The number of carbonyl (C=O) groups is 2. The quantitative estimate of drug-likeness (QED) is 0.221. The number of rotatable bonds is 14. The SMILES string of the molecule is CC[C@@H](CCc1cc2ccc(C(=N)N)cc2n1CC)C(=N)C(=O)[C@H](CC)C(=N)C(=O)CNC. The molecular formula is C25H36N6O2. The highest BCUT2D eigenvalue weighted by Crippen LogP contribution is 2.25. The van der Waals surface area contributed by atoms with Gasteiger partial charge in [-0.1, -0.05) is 26.0 Å². The highest BCUT2D eigenvalue weighted by Gasteiger charge is 2.31. The lowest BCUT2D eigenvalue weighted by atomic mass is 9.83. The van der Waals surface area contributed by atoms with Crippen LogP contribution in [0.2, 0.25) is 0 Å². The summed E-state index contributed by atoms with van der Waals surface area (Å²) >= 11 is 0. The third kappa shape index (κ3) is 5.82. The van der Waals surface area contributed by atoms with Gasteiger partial charge in [-0.3, -0.25) is 15.0 Å². The Labute approximate surface area is 195 Å². The average Bonchev–Trinajstić information content (AvgIpc) is 3.16. The van der Waals surface area contributed by atoms with Crippen LogP contribution in [0.25, 0.3) is 10.9 Å². The second-order valence-electron chi connectivity index (χ2n) is 8.32. The first-order chi connectivity index (χ1) is 15.7. The van der Waals surface area contributed by atoms with E-state index in [0.29, 0.717) is 31.2 Å². The molecule has 2 rings (SSSR count). The minimum Gasteiger partial charge on any atom is -0.384 e. The molecule has 0 radical (unpaired) electrons. The maximum atomic E-state index is 13.0. The monoisotopic (exact) mass is 452 g/mol. The summed E-state index contributed by atoms with van der Waals surface area (Å²) in [5.41, 5.74) is 8.24. The average molecular weight is 453 g/mol. The zero-order valence-electron chi connectivity index (χ0n) is 20.0. The summed E-state index contributed by atoms with van der Waals surface area (Å²) in [6.45, 7) is 6.56. The number of nitrogen functional groups attached to an aromatic ring is 1. The maximum Gasteiger partial charge on any atom is 0.190 e. The second-order valence-corrected chi connectivity index (χ2v) is 8.32. The van der Waals surface area contributed by atoms with Crippen LogP contribution in [-0.2, 0) is 22.6 Å². The number of ketones is 2. The van der Waals surface area contributed by atoms with Gasteiger partial charge in [0.1, 0.15) is 5.84 Å². The third-order valence-electron chi connectivity index (χ3n) is 6.24. The number of aryl methyl sites for hydroxylation is 2. The van der Waals surface area contributed by atoms with Crippen LogP contribution in [-0.4, -0.2) is 47.0 Å². The van der Waals surface area contributed by atoms with E-state index in [1.54, 1.807) is 14.0 Å². The van der Waals surface area contributed by atoms with Gasteiger partial charge in [0.2, 0.25) is 0 Å². The molecule has 2 atom stereocenters. The molecule has 1 aromatic carbocycles. The number of hydrogen-bond donors (Lipinski definition) is 5. The highest BCUT2D eigenvalue weighted by atomic mass is 16.1. The van der Waals surface area contributed by atoms with Crippen molar-refractivity contribution in [3.8, 4) is 0 Å². The maximum absolute atomic E-state index is 13.0.